The zero-order chi connectivity index (χ0) is 13.0. The minimum atomic E-state index is 0.207. The van der Waals surface area contributed by atoms with Crippen LogP contribution in [-0.2, 0) is 13.6 Å². The molecule has 0 radical (unpaired) electrons. The molecule has 0 saturated heterocycles. The van der Waals surface area contributed by atoms with Gasteiger partial charge in [0.1, 0.15) is 0 Å². The maximum atomic E-state index is 8.87. The number of nitriles is 1. The molecule has 2 aromatic rings. The van der Waals surface area contributed by atoms with E-state index in [0.717, 1.165) is 17.7 Å². The van der Waals surface area contributed by atoms with Crippen LogP contribution in [0.5, 0.6) is 0 Å². The average Bonchev–Trinajstić information content (AvgIpc) is 2.82. The highest BCUT2D eigenvalue weighted by Gasteiger charge is 2.06. The van der Waals surface area contributed by atoms with Crippen molar-refractivity contribution in [3.8, 4) is 6.07 Å². The Balaban J connectivity index is 1.99. The number of benzene rings is 1. The molecule has 1 aromatic carbocycles. The van der Waals surface area contributed by atoms with E-state index in [9.17, 15) is 0 Å². The molecule has 18 heavy (non-hydrogen) atoms. The Kier molecular flexibility index (Phi) is 3.75. The number of aryl methyl sites for hydroxylation is 1. The highest BCUT2D eigenvalue weighted by molar-refractivity contribution is 5.34. The van der Waals surface area contributed by atoms with E-state index in [1.165, 1.54) is 0 Å². The number of aromatic nitrogens is 2. The quantitative estimate of drug-likeness (QED) is 0.890. The molecule has 2 rings (SSSR count). The molecule has 0 saturated carbocycles. The molecule has 1 atom stereocenters. The van der Waals surface area contributed by atoms with E-state index < -0.39 is 0 Å². The fraction of sp³-hybridized carbons (Fsp3) is 0.286. The Morgan fingerprint density at radius 2 is 2.33 bits per heavy atom. The first kappa shape index (κ1) is 12.3. The third-order valence-corrected chi connectivity index (χ3v) is 2.89. The molecule has 1 unspecified atom stereocenters. The van der Waals surface area contributed by atoms with E-state index >= 15 is 0 Å². The van der Waals surface area contributed by atoms with Crippen molar-refractivity contribution in [1.82, 2.24) is 15.1 Å². The van der Waals surface area contributed by atoms with Gasteiger partial charge in [-0.25, -0.2) is 0 Å². The third kappa shape index (κ3) is 2.96. The van der Waals surface area contributed by atoms with Crippen molar-refractivity contribution < 1.29 is 0 Å². The zero-order valence-electron chi connectivity index (χ0n) is 10.6. The van der Waals surface area contributed by atoms with Gasteiger partial charge in [-0.05, 0) is 24.6 Å². The maximum absolute atomic E-state index is 8.87. The van der Waals surface area contributed by atoms with Gasteiger partial charge in [0.05, 0.1) is 17.8 Å². The second kappa shape index (κ2) is 5.48. The topological polar surface area (TPSA) is 53.6 Å². The van der Waals surface area contributed by atoms with Crippen molar-refractivity contribution in [2.24, 2.45) is 7.05 Å². The molecule has 92 valence electrons. The molecule has 0 amide bonds. The Morgan fingerprint density at radius 3 is 3.00 bits per heavy atom. The fourth-order valence-electron chi connectivity index (χ4n) is 1.83. The monoisotopic (exact) mass is 240 g/mol. The molecular weight excluding hydrogens is 224 g/mol. The lowest BCUT2D eigenvalue weighted by atomic mass is 10.1. The Bertz CT molecular complexity index is 565. The van der Waals surface area contributed by atoms with Crippen LogP contribution in [-0.4, -0.2) is 9.78 Å². The third-order valence-electron chi connectivity index (χ3n) is 2.89. The van der Waals surface area contributed by atoms with Crippen molar-refractivity contribution in [3.63, 3.8) is 0 Å². The van der Waals surface area contributed by atoms with E-state index in [4.69, 9.17) is 5.26 Å². The molecule has 4 nitrogen and oxygen atoms in total. The van der Waals surface area contributed by atoms with Crippen molar-refractivity contribution in [2.75, 3.05) is 0 Å². The van der Waals surface area contributed by atoms with Crippen LogP contribution < -0.4 is 5.32 Å². The summed E-state index contributed by atoms with van der Waals surface area (Å²) in [5.41, 5.74) is 2.97. The lowest BCUT2D eigenvalue weighted by Gasteiger charge is -2.13. The minimum absolute atomic E-state index is 0.207. The summed E-state index contributed by atoms with van der Waals surface area (Å²) in [6, 6.07) is 10.0. The van der Waals surface area contributed by atoms with Crippen LogP contribution in [0.3, 0.4) is 0 Å². The van der Waals surface area contributed by atoms with E-state index in [-0.39, 0.29) is 6.04 Å². The van der Waals surface area contributed by atoms with E-state index in [2.05, 4.69) is 23.4 Å². The summed E-state index contributed by atoms with van der Waals surface area (Å²) in [5.74, 6) is 0. The fourth-order valence-corrected chi connectivity index (χ4v) is 1.83. The SMILES string of the molecule is CC(NCc1cnn(C)c1)c1cccc(C#N)c1. The lowest BCUT2D eigenvalue weighted by molar-refractivity contribution is 0.574. The van der Waals surface area contributed by atoms with Gasteiger partial charge in [-0.3, -0.25) is 4.68 Å². The first-order chi connectivity index (χ1) is 8.69. The summed E-state index contributed by atoms with van der Waals surface area (Å²) in [6.07, 6.45) is 3.84. The van der Waals surface area contributed by atoms with E-state index in [0.29, 0.717) is 5.56 Å². The predicted molar refractivity (Wildman–Crippen MR) is 69.6 cm³/mol. The molecular formula is C14H16N4. The summed E-state index contributed by atoms with van der Waals surface area (Å²) < 4.78 is 1.79. The van der Waals surface area contributed by atoms with Crippen LogP contribution in [0.25, 0.3) is 0 Å². The second-order valence-corrected chi connectivity index (χ2v) is 4.36. The van der Waals surface area contributed by atoms with Crippen LogP contribution >= 0.6 is 0 Å². The molecule has 4 heteroatoms. The van der Waals surface area contributed by atoms with Crippen molar-refractivity contribution >= 4 is 0 Å². The van der Waals surface area contributed by atoms with Gasteiger partial charge in [0.25, 0.3) is 0 Å². The zero-order valence-corrected chi connectivity index (χ0v) is 10.6. The summed E-state index contributed by atoms with van der Waals surface area (Å²) >= 11 is 0. The van der Waals surface area contributed by atoms with Crippen LogP contribution in [0.1, 0.15) is 29.7 Å². The van der Waals surface area contributed by atoms with Crippen molar-refractivity contribution in [3.05, 3.63) is 53.3 Å². The van der Waals surface area contributed by atoms with E-state index in [1.807, 2.05) is 43.7 Å². The van der Waals surface area contributed by atoms with Gasteiger partial charge in [-0.1, -0.05) is 12.1 Å². The molecule has 0 aliphatic carbocycles. The highest BCUT2D eigenvalue weighted by Crippen LogP contribution is 2.14. The Labute approximate surface area is 107 Å². The van der Waals surface area contributed by atoms with Gasteiger partial charge >= 0.3 is 0 Å². The van der Waals surface area contributed by atoms with Gasteiger partial charge in [-0.2, -0.15) is 10.4 Å². The van der Waals surface area contributed by atoms with Crippen LogP contribution in [0.2, 0.25) is 0 Å². The standard InChI is InChI=1S/C14H16N4/c1-11(14-5-3-4-12(6-14)7-15)16-8-13-9-17-18(2)10-13/h3-6,9-11,16H,8H2,1-2H3. The summed E-state index contributed by atoms with van der Waals surface area (Å²) in [5, 5.41) is 16.4. The number of hydrogen-bond donors (Lipinski definition) is 1. The summed E-state index contributed by atoms with van der Waals surface area (Å²) in [7, 11) is 1.91. The van der Waals surface area contributed by atoms with Crippen LogP contribution in [0.15, 0.2) is 36.7 Å². The first-order valence-electron chi connectivity index (χ1n) is 5.90. The predicted octanol–water partition coefficient (Wildman–Crippen LogP) is 2.14. The largest absolute Gasteiger partial charge is 0.306 e. The number of hydrogen-bond acceptors (Lipinski definition) is 3. The van der Waals surface area contributed by atoms with Gasteiger partial charge in [0, 0.05) is 31.4 Å². The molecule has 1 heterocycles. The Hall–Kier alpha value is -2.12. The summed E-state index contributed by atoms with van der Waals surface area (Å²) in [4.78, 5) is 0. The number of rotatable bonds is 4. The van der Waals surface area contributed by atoms with Gasteiger partial charge in [0.15, 0.2) is 0 Å². The second-order valence-electron chi connectivity index (χ2n) is 4.36. The molecule has 0 aliphatic heterocycles. The first-order valence-corrected chi connectivity index (χ1v) is 5.90. The van der Waals surface area contributed by atoms with Crippen molar-refractivity contribution in [1.29, 1.82) is 5.26 Å². The number of nitrogens with one attached hydrogen (secondary N) is 1. The molecule has 1 N–H and O–H groups in total. The van der Waals surface area contributed by atoms with E-state index in [1.54, 1.807) is 4.68 Å². The van der Waals surface area contributed by atoms with Gasteiger partial charge in [0.2, 0.25) is 0 Å². The smallest absolute Gasteiger partial charge is 0.0991 e. The van der Waals surface area contributed by atoms with Crippen LogP contribution in [0.4, 0.5) is 0 Å². The molecule has 0 bridgehead atoms. The van der Waals surface area contributed by atoms with Crippen molar-refractivity contribution in [2.45, 2.75) is 19.5 Å². The number of nitrogens with zero attached hydrogens (tertiary/aromatic N) is 3. The average molecular weight is 240 g/mol. The lowest BCUT2D eigenvalue weighted by Crippen LogP contribution is -2.17. The minimum Gasteiger partial charge on any atom is -0.306 e. The van der Waals surface area contributed by atoms with Crippen LogP contribution in [0, 0.1) is 11.3 Å². The van der Waals surface area contributed by atoms with Gasteiger partial charge in [-0.15, -0.1) is 0 Å². The van der Waals surface area contributed by atoms with Gasteiger partial charge < -0.3 is 5.32 Å². The summed E-state index contributed by atoms with van der Waals surface area (Å²) in [6.45, 7) is 2.86. The normalized spacial score (nSPS) is 12.1. The Morgan fingerprint density at radius 1 is 1.50 bits per heavy atom. The molecule has 0 aliphatic rings. The molecule has 0 spiro atoms. The maximum Gasteiger partial charge on any atom is 0.0991 e. The highest BCUT2D eigenvalue weighted by atomic mass is 15.2. The molecule has 0 fully saturated rings. The molecule has 1 aromatic heterocycles.